The third kappa shape index (κ3) is 3.84. The lowest BCUT2D eigenvalue weighted by molar-refractivity contribution is -0.117. The number of hydrogen-bond acceptors (Lipinski definition) is 3. The fraction of sp³-hybridized carbons (Fsp3) is 0.333. The van der Waals surface area contributed by atoms with Crippen molar-refractivity contribution in [1.29, 1.82) is 0 Å². The van der Waals surface area contributed by atoms with Gasteiger partial charge < -0.3 is 4.57 Å². The Morgan fingerprint density at radius 2 is 2.10 bits per heavy atom. The van der Waals surface area contributed by atoms with Crippen LogP contribution in [0.15, 0.2) is 40.8 Å². The summed E-state index contributed by atoms with van der Waals surface area (Å²) < 4.78 is 2.01. The highest BCUT2D eigenvalue weighted by atomic mass is 32.2. The largest absolute Gasteiger partial charge is 0.319 e. The van der Waals surface area contributed by atoms with Gasteiger partial charge in [-0.3, -0.25) is 4.79 Å². The number of carbonyl (C=O) groups excluding carboxylic acids is 1. The van der Waals surface area contributed by atoms with Gasteiger partial charge in [0.2, 0.25) is 0 Å². The van der Waals surface area contributed by atoms with Gasteiger partial charge in [-0.25, -0.2) is 0 Å². The second-order valence-corrected chi connectivity index (χ2v) is 6.68. The molecule has 0 aliphatic heterocycles. The Balaban J connectivity index is 2.22. The van der Waals surface area contributed by atoms with E-state index in [9.17, 15) is 4.79 Å². The van der Waals surface area contributed by atoms with Crippen LogP contribution in [0.25, 0.3) is 0 Å². The molecule has 0 aliphatic carbocycles. The first-order valence-corrected chi connectivity index (χ1v) is 8.57. The second kappa shape index (κ2) is 6.90. The summed E-state index contributed by atoms with van der Waals surface area (Å²) in [4.78, 5) is 16.9. The van der Waals surface area contributed by atoms with Crippen LogP contribution in [0.3, 0.4) is 0 Å². The van der Waals surface area contributed by atoms with Crippen LogP contribution >= 0.6 is 23.1 Å². The van der Waals surface area contributed by atoms with Crippen molar-refractivity contribution in [2.24, 2.45) is 4.99 Å². The lowest BCUT2D eigenvalue weighted by Crippen LogP contribution is -2.20. The van der Waals surface area contributed by atoms with Crippen molar-refractivity contribution in [2.45, 2.75) is 25.6 Å². The first-order valence-electron chi connectivity index (χ1n) is 6.41. The smallest absolute Gasteiger partial charge is 0.261 e. The maximum Gasteiger partial charge on any atom is 0.261 e. The molecule has 3 nitrogen and oxygen atoms in total. The van der Waals surface area contributed by atoms with Gasteiger partial charge in [0.25, 0.3) is 5.91 Å². The van der Waals surface area contributed by atoms with Gasteiger partial charge in [-0.2, -0.15) is 16.8 Å². The molecule has 0 N–H and O–H groups in total. The summed E-state index contributed by atoms with van der Waals surface area (Å²) in [7, 11) is 0. The van der Waals surface area contributed by atoms with E-state index in [-0.39, 0.29) is 11.2 Å². The van der Waals surface area contributed by atoms with Crippen LogP contribution in [0.2, 0.25) is 0 Å². The zero-order valence-corrected chi connectivity index (χ0v) is 13.5. The number of carbonyl (C=O) groups is 1. The molecule has 0 radical (unpaired) electrons. The summed E-state index contributed by atoms with van der Waals surface area (Å²) in [5.41, 5.74) is 2.46. The van der Waals surface area contributed by atoms with Crippen LogP contribution in [-0.4, -0.2) is 22.0 Å². The standard InChI is InChI=1S/C15H18N2OS2/c1-11-4-6-13(7-5-11)10-17-8-9-20-15(17)16-14(18)12(2)19-3/h4-9,12H,10H2,1-3H3/t12-/m0/s1. The van der Waals surface area contributed by atoms with Crippen LogP contribution < -0.4 is 4.80 Å². The van der Waals surface area contributed by atoms with Gasteiger partial charge in [0, 0.05) is 18.1 Å². The summed E-state index contributed by atoms with van der Waals surface area (Å²) in [6.07, 6.45) is 3.90. The Hall–Kier alpha value is -1.33. The van der Waals surface area contributed by atoms with E-state index < -0.39 is 0 Å². The van der Waals surface area contributed by atoms with E-state index in [4.69, 9.17) is 0 Å². The molecule has 1 aromatic heterocycles. The van der Waals surface area contributed by atoms with E-state index in [0.717, 1.165) is 11.3 Å². The molecule has 0 aliphatic rings. The number of rotatable bonds is 4. The van der Waals surface area contributed by atoms with Gasteiger partial charge in [-0.1, -0.05) is 29.8 Å². The van der Waals surface area contributed by atoms with Crippen molar-refractivity contribution in [1.82, 2.24) is 4.57 Å². The minimum Gasteiger partial charge on any atom is -0.319 e. The first kappa shape index (κ1) is 15.1. The lowest BCUT2D eigenvalue weighted by Gasteiger charge is -2.05. The Labute approximate surface area is 127 Å². The summed E-state index contributed by atoms with van der Waals surface area (Å²) >= 11 is 3.01. The van der Waals surface area contributed by atoms with Crippen LogP contribution in [0.5, 0.6) is 0 Å². The fourth-order valence-corrected chi connectivity index (χ4v) is 2.67. The van der Waals surface area contributed by atoms with E-state index in [0.29, 0.717) is 0 Å². The number of amides is 1. The highest BCUT2D eigenvalue weighted by Gasteiger charge is 2.10. The van der Waals surface area contributed by atoms with E-state index >= 15 is 0 Å². The van der Waals surface area contributed by atoms with Gasteiger partial charge >= 0.3 is 0 Å². The Kier molecular flexibility index (Phi) is 5.20. The number of thioether (sulfide) groups is 1. The van der Waals surface area contributed by atoms with E-state index in [2.05, 4.69) is 36.2 Å². The summed E-state index contributed by atoms with van der Waals surface area (Å²) in [6.45, 7) is 4.70. The minimum atomic E-state index is -0.0927. The monoisotopic (exact) mass is 306 g/mol. The molecule has 1 amide bonds. The van der Waals surface area contributed by atoms with Crippen molar-refractivity contribution in [3.8, 4) is 0 Å². The van der Waals surface area contributed by atoms with Gasteiger partial charge in [-0.15, -0.1) is 11.3 Å². The average Bonchev–Trinajstić information content (AvgIpc) is 2.87. The molecule has 1 heterocycles. The SMILES string of the molecule is CS[C@@H](C)C(=O)N=c1sccn1Cc1ccc(C)cc1. The van der Waals surface area contributed by atoms with Crippen molar-refractivity contribution < 1.29 is 4.79 Å². The average molecular weight is 306 g/mol. The molecule has 20 heavy (non-hydrogen) atoms. The highest BCUT2D eigenvalue weighted by Crippen LogP contribution is 2.07. The molecule has 0 unspecified atom stereocenters. The summed E-state index contributed by atoms with van der Waals surface area (Å²) in [5, 5.41) is 1.87. The Morgan fingerprint density at radius 1 is 1.40 bits per heavy atom. The maximum absolute atomic E-state index is 11.9. The topological polar surface area (TPSA) is 34.4 Å². The molecule has 0 fully saturated rings. The number of hydrogen-bond donors (Lipinski definition) is 0. The van der Waals surface area contributed by atoms with Crippen LogP contribution in [0, 0.1) is 6.92 Å². The molecular formula is C15H18N2OS2. The molecule has 5 heteroatoms. The molecule has 0 saturated carbocycles. The molecular weight excluding hydrogens is 288 g/mol. The molecule has 0 bridgehead atoms. The van der Waals surface area contributed by atoms with Gasteiger partial charge in [0.05, 0.1) is 5.25 Å². The fourth-order valence-electron chi connectivity index (χ4n) is 1.68. The highest BCUT2D eigenvalue weighted by molar-refractivity contribution is 7.99. The van der Waals surface area contributed by atoms with E-state index in [1.807, 2.05) is 29.3 Å². The minimum absolute atomic E-state index is 0.0717. The van der Waals surface area contributed by atoms with Crippen LogP contribution in [0.4, 0.5) is 0 Å². The predicted molar refractivity (Wildman–Crippen MR) is 86.1 cm³/mol. The molecule has 2 aromatic rings. The van der Waals surface area contributed by atoms with Crippen molar-refractivity contribution in [3.05, 3.63) is 51.8 Å². The van der Waals surface area contributed by atoms with E-state index in [1.54, 1.807) is 0 Å². The lowest BCUT2D eigenvalue weighted by atomic mass is 10.1. The van der Waals surface area contributed by atoms with Crippen LogP contribution in [-0.2, 0) is 11.3 Å². The van der Waals surface area contributed by atoms with Crippen molar-refractivity contribution >= 4 is 29.0 Å². The molecule has 2 rings (SSSR count). The number of aryl methyl sites for hydroxylation is 1. The number of benzene rings is 1. The number of thiazole rings is 1. The van der Waals surface area contributed by atoms with Crippen LogP contribution in [0.1, 0.15) is 18.1 Å². The quantitative estimate of drug-likeness (QED) is 0.870. The molecule has 106 valence electrons. The van der Waals surface area contributed by atoms with Gasteiger partial charge in [0.1, 0.15) is 0 Å². The molecule has 1 aromatic carbocycles. The summed E-state index contributed by atoms with van der Waals surface area (Å²) in [6, 6.07) is 8.41. The van der Waals surface area contributed by atoms with Crippen molar-refractivity contribution in [3.63, 3.8) is 0 Å². The normalized spacial score (nSPS) is 13.4. The second-order valence-electron chi connectivity index (χ2n) is 4.63. The Morgan fingerprint density at radius 3 is 2.75 bits per heavy atom. The van der Waals surface area contributed by atoms with Gasteiger partial charge in [-0.05, 0) is 25.7 Å². The number of aromatic nitrogens is 1. The van der Waals surface area contributed by atoms with Crippen molar-refractivity contribution in [2.75, 3.05) is 6.26 Å². The van der Waals surface area contributed by atoms with E-state index in [1.165, 1.54) is 34.2 Å². The molecule has 1 atom stereocenters. The number of nitrogens with zero attached hydrogens (tertiary/aromatic N) is 2. The zero-order chi connectivity index (χ0) is 14.5. The molecule has 0 spiro atoms. The third-order valence-corrected chi connectivity index (χ3v) is 4.74. The zero-order valence-electron chi connectivity index (χ0n) is 11.9. The third-order valence-electron chi connectivity index (χ3n) is 3.04. The predicted octanol–water partition coefficient (Wildman–Crippen LogP) is 3.09. The van der Waals surface area contributed by atoms with Gasteiger partial charge in [0.15, 0.2) is 4.80 Å². The Bertz CT molecular complexity index is 640. The maximum atomic E-state index is 11.9. The molecule has 0 saturated heterocycles. The summed E-state index contributed by atoms with van der Waals surface area (Å²) in [5.74, 6) is -0.0717. The first-order chi connectivity index (χ1) is 9.60.